The molecule has 0 aliphatic rings. The molecule has 6 heteroatoms. The van der Waals surface area contributed by atoms with Gasteiger partial charge < -0.3 is 4.57 Å². The number of aromatic nitrogens is 5. The standard InChI is InChI=1S/C53H33N5O/c59-52-51-49(41-24-12-15-27-46(41)57(52)38-20-8-3-9-21-38)43-33-36(35-28-30-47-42(32-35)39-22-11-14-26-45(39)56(47)37-18-6-2-7-19-37)29-31-48(43)58(51)53-54-44-25-13-10-23-40(44)50(55-53)34-16-4-1-5-17-34/h1-33H. The molecule has 0 N–H and O–H groups in total. The number of hydrogen-bond acceptors (Lipinski definition) is 3. The van der Waals surface area contributed by atoms with Crippen LogP contribution in [-0.2, 0) is 0 Å². The Morgan fingerprint density at radius 3 is 1.56 bits per heavy atom. The van der Waals surface area contributed by atoms with Gasteiger partial charge >= 0.3 is 0 Å². The molecule has 276 valence electrons. The average molecular weight is 756 g/mol. The van der Waals surface area contributed by atoms with Crippen molar-refractivity contribution in [3.8, 4) is 39.7 Å². The van der Waals surface area contributed by atoms with Crippen molar-refractivity contribution in [2.45, 2.75) is 0 Å². The Bertz CT molecular complexity index is 3680. The van der Waals surface area contributed by atoms with Crippen LogP contribution in [0.4, 0.5) is 0 Å². The second-order valence-electron chi connectivity index (χ2n) is 15.0. The largest absolute Gasteiger partial charge is 0.309 e. The molecule has 0 aliphatic heterocycles. The van der Waals surface area contributed by atoms with E-state index in [9.17, 15) is 0 Å². The minimum Gasteiger partial charge on any atom is -0.309 e. The van der Waals surface area contributed by atoms with E-state index in [0.717, 1.165) is 82.9 Å². The van der Waals surface area contributed by atoms with E-state index in [1.54, 1.807) is 0 Å². The van der Waals surface area contributed by atoms with Gasteiger partial charge in [-0.15, -0.1) is 0 Å². The number of rotatable bonds is 5. The summed E-state index contributed by atoms with van der Waals surface area (Å²) in [6.45, 7) is 0. The maximum Gasteiger partial charge on any atom is 0.280 e. The van der Waals surface area contributed by atoms with Crippen LogP contribution < -0.4 is 5.56 Å². The lowest BCUT2D eigenvalue weighted by molar-refractivity contribution is 0.984. The quantitative estimate of drug-likeness (QED) is 0.176. The van der Waals surface area contributed by atoms with Crippen molar-refractivity contribution in [3.63, 3.8) is 0 Å². The molecule has 0 aliphatic carbocycles. The summed E-state index contributed by atoms with van der Waals surface area (Å²) in [7, 11) is 0. The molecule has 0 saturated heterocycles. The van der Waals surface area contributed by atoms with Gasteiger partial charge in [-0.1, -0.05) is 133 Å². The number of pyridine rings is 1. The Morgan fingerprint density at radius 2 is 0.864 bits per heavy atom. The summed E-state index contributed by atoms with van der Waals surface area (Å²) in [5.74, 6) is 0.442. The Labute approximate surface area is 338 Å². The second kappa shape index (κ2) is 13.0. The maximum atomic E-state index is 15.4. The zero-order valence-corrected chi connectivity index (χ0v) is 31.7. The summed E-state index contributed by atoms with van der Waals surface area (Å²) < 4.78 is 6.14. The van der Waals surface area contributed by atoms with Crippen molar-refractivity contribution >= 4 is 65.4 Å². The van der Waals surface area contributed by atoms with Crippen LogP contribution in [0, 0.1) is 0 Å². The summed E-state index contributed by atoms with van der Waals surface area (Å²) in [5.41, 5.74) is 11.0. The first-order chi connectivity index (χ1) is 29.2. The fourth-order valence-corrected chi connectivity index (χ4v) is 9.07. The second-order valence-corrected chi connectivity index (χ2v) is 15.0. The third kappa shape index (κ3) is 5.03. The van der Waals surface area contributed by atoms with Crippen molar-refractivity contribution in [2.24, 2.45) is 0 Å². The number of para-hydroxylation sites is 5. The Kier molecular flexibility index (Phi) is 7.28. The highest BCUT2D eigenvalue weighted by atomic mass is 16.1. The van der Waals surface area contributed by atoms with Gasteiger partial charge in [0.2, 0.25) is 5.95 Å². The molecule has 0 spiro atoms. The van der Waals surface area contributed by atoms with Crippen LogP contribution in [0.2, 0.25) is 0 Å². The van der Waals surface area contributed by atoms with E-state index in [2.05, 4.69) is 120 Å². The molecule has 12 aromatic rings. The summed E-state index contributed by atoms with van der Waals surface area (Å²) in [5, 5.41) is 6.11. The van der Waals surface area contributed by atoms with Crippen LogP contribution in [0.15, 0.2) is 205 Å². The van der Waals surface area contributed by atoms with Crippen molar-refractivity contribution < 1.29 is 0 Å². The monoisotopic (exact) mass is 755 g/mol. The highest BCUT2D eigenvalue weighted by Gasteiger charge is 2.24. The summed E-state index contributed by atoms with van der Waals surface area (Å²) in [6.07, 6.45) is 0. The predicted octanol–water partition coefficient (Wildman–Crippen LogP) is 12.5. The van der Waals surface area contributed by atoms with Gasteiger partial charge in [0, 0.05) is 49.3 Å². The highest BCUT2D eigenvalue weighted by molar-refractivity contribution is 6.21. The topological polar surface area (TPSA) is 57.6 Å². The molecule has 0 amide bonds. The molecule has 59 heavy (non-hydrogen) atoms. The van der Waals surface area contributed by atoms with E-state index in [4.69, 9.17) is 9.97 Å². The smallest absolute Gasteiger partial charge is 0.280 e. The summed E-state index contributed by atoms with van der Waals surface area (Å²) in [6, 6.07) is 68.7. The van der Waals surface area contributed by atoms with Crippen molar-refractivity contribution in [2.75, 3.05) is 0 Å². The van der Waals surface area contributed by atoms with Crippen LogP contribution in [0.25, 0.3) is 105 Å². The lowest BCUT2D eigenvalue weighted by atomic mass is 9.99. The minimum absolute atomic E-state index is 0.143. The molecular weight excluding hydrogens is 723 g/mol. The number of fused-ring (bicyclic) bond motifs is 9. The zero-order valence-electron chi connectivity index (χ0n) is 31.7. The molecule has 0 bridgehead atoms. The first-order valence-corrected chi connectivity index (χ1v) is 19.8. The Hall–Kier alpha value is -8.09. The van der Waals surface area contributed by atoms with E-state index in [1.165, 1.54) is 10.8 Å². The van der Waals surface area contributed by atoms with Crippen LogP contribution >= 0.6 is 0 Å². The molecule has 0 atom stereocenters. The molecule has 8 aromatic carbocycles. The van der Waals surface area contributed by atoms with E-state index in [1.807, 2.05) is 94.1 Å². The minimum atomic E-state index is -0.143. The third-order valence-electron chi connectivity index (χ3n) is 11.7. The zero-order chi connectivity index (χ0) is 39.0. The molecule has 4 heterocycles. The van der Waals surface area contributed by atoms with Crippen LogP contribution in [0.1, 0.15) is 0 Å². The fourth-order valence-electron chi connectivity index (χ4n) is 9.07. The van der Waals surface area contributed by atoms with Crippen LogP contribution in [-0.4, -0.2) is 23.7 Å². The van der Waals surface area contributed by atoms with Crippen molar-refractivity contribution in [3.05, 3.63) is 211 Å². The van der Waals surface area contributed by atoms with Gasteiger partial charge in [-0.25, -0.2) is 9.97 Å². The molecule has 0 unspecified atom stereocenters. The lowest BCUT2D eigenvalue weighted by Gasteiger charge is -2.14. The molecule has 6 nitrogen and oxygen atoms in total. The molecular formula is C53H33N5O. The molecule has 12 rings (SSSR count). The highest BCUT2D eigenvalue weighted by Crippen LogP contribution is 2.40. The van der Waals surface area contributed by atoms with Crippen molar-refractivity contribution in [1.82, 2.24) is 23.7 Å². The van der Waals surface area contributed by atoms with Gasteiger partial charge in [-0.2, -0.15) is 0 Å². The van der Waals surface area contributed by atoms with Gasteiger partial charge in [0.05, 0.1) is 33.3 Å². The first kappa shape index (κ1) is 33.1. The van der Waals surface area contributed by atoms with Crippen LogP contribution in [0.3, 0.4) is 0 Å². The van der Waals surface area contributed by atoms with Gasteiger partial charge in [0.25, 0.3) is 5.56 Å². The Morgan fingerprint density at radius 1 is 0.356 bits per heavy atom. The van der Waals surface area contributed by atoms with E-state index in [-0.39, 0.29) is 5.56 Å². The van der Waals surface area contributed by atoms with Gasteiger partial charge in [0.1, 0.15) is 5.52 Å². The SMILES string of the molecule is O=c1c2c(c3ccccc3n1-c1ccccc1)c1cc(-c3ccc4c(c3)c3ccccc3n4-c3ccccc3)ccc1n2-c1nc(-c2ccccc2)c2ccccc2n1. The van der Waals surface area contributed by atoms with E-state index >= 15 is 4.79 Å². The summed E-state index contributed by atoms with van der Waals surface area (Å²) >= 11 is 0. The van der Waals surface area contributed by atoms with Gasteiger partial charge in [-0.05, 0) is 77.9 Å². The van der Waals surface area contributed by atoms with Gasteiger partial charge in [0.15, 0.2) is 0 Å². The normalized spacial score (nSPS) is 11.8. The third-order valence-corrected chi connectivity index (χ3v) is 11.7. The number of benzene rings is 8. The van der Waals surface area contributed by atoms with Crippen molar-refractivity contribution in [1.29, 1.82) is 0 Å². The molecule has 0 fully saturated rings. The summed E-state index contributed by atoms with van der Waals surface area (Å²) in [4.78, 5) is 25.9. The first-order valence-electron chi connectivity index (χ1n) is 19.8. The molecule has 4 aromatic heterocycles. The van der Waals surface area contributed by atoms with E-state index < -0.39 is 0 Å². The fraction of sp³-hybridized carbons (Fsp3) is 0. The molecule has 0 saturated carbocycles. The van der Waals surface area contributed by atoms with Crippen LogP contribution in [0.5, 0.6) is 0 Å². The van der Waals surface area contributed by atoms with E-state index in [0.29, 0.717) is 11.5 Å². The number of hydrogen-bond donors (Lipinski definition) is 0. The lowest BCUT2D eigenvalue weighted by Crippen LogP contribution is -2.21. The van der Waals surface area contributed by atoms with Gasteiger partial charge in [-0.3, -0.25) is 13.9 Å². The Balaban J connectivity index is 1.18. The molecule has 0 radical (unpaired) electrons. The predicted molar refractivity (Wildman–Crippen MR) is 242 cm³/mol. The maximum absolute atomic E-state index is 15.4. The number of nitrogens with zero attached hydrogens (tertiary/aromatic N) is 5. The average Bonchev–Trinajstić information content (AvgIpc) is 3.83.